The molecule has 104 valence electrons. The molecule has 19 heavy (non-hydrogen) atoms. The predicted octanol–water partition coefficient (Wildman–Crippen LogP) is 1.45. The zero-order valence-electron chi connectivity index (χ0n) is 11.3. The molecule has 0 bridgehead atoms. The minimum atomic E-state index is 0.134. The van der Waals surface area contributed by atoms with Crippen molar-refractivity contribution in [2.24, 2.45) is 5.73 Å². The Morgan fingerprint density at radius 1 is 1.42 bits per heavy atom. The first-order valence-corrected chi connectivity index (χ1v) is 6.94. The van der Waals surface area contributed by atoms with E-state index in [0.29, 0.717) is 19.6 Å². The summed E-state index contributed by atoms with van der Waals surface area (Å²) >= 11 is 0. The van der Waals surface area contributed by atoms with Crippen molar-refractivity contribution < 1.29 is 4.79 Å². The highest BCUT2D eigenvalue weighted by Crippen LogP contribution is 2.13. The van der Waals surface area contributed by atoms with E-state index in [4.69, 9.17) is 5.73 Å². The van der Waals surface area contributed by atoms with Crippen molar-refractivity contribution in [3.8, 4) is 0 Å². The molecule has 0 aromatic carbocycles. The number of carbonyl (C=O) groups is 1. The lowest BCUT2D eigenvalue weighted by Crippen LogP contribution is -2.42. The molecule has 2 rings (SSSR count). The van der Waals surface area contributed by atoms with Gasteiger partial charge in [0.1, 0.15) is 0 Å². The third-order valence-corrected chi connectivity index (χ3v) is 3.38. The number of urea groups is 1. The van der Waals surface area contributed by atoms with E-state index in [2.05, 4.69) is 4.98 Å². The van der Waals surface area contributed by atoms with E-state index in [1.54, 1.807) is 6.20 Å². The second-order valence-electron chi connectivity index (χ2n) is 4.90. The van der Waals surface area contributed by atoms with Gasteiger partial charge in [0.15, 0.2) is 0 Å². The molecule has 0 atom stereocenters. The van der Waals surface area contributed by atoms with Crippen LogP contribution in [-0.2, 0) is 6.54 Å². The topological polar surface area (TPSA) is 62.5 Å². The molecular formula is C14H22N4O. The fraction of sp³-hybridized carbons (Fsp3) is 0.571. The zero-order valence-corrected chi connectivity index (χ0v) is 11.3. The van der Waals surface area contributed by atoms with E-state index in [9.17, 15) is 4.79 Å². The van der Waals surface area contributed by atoms with Crippen molar-refractivity contribution >= 4 is 6.03 Å². The third-order valence-electron chi connectivity index (χ3n) is 3.38. The van der Waals surface area contributed by atoms with Gasteiger partial charge in [-0.3, -0.25) is 4.98 Å². The van der Waals surface area contributed by atoms with Crippen LogP contribution in [0.4, 0.5) is 4.79 Å². The molecule has 2 N–H and O–H groups in total. The van der Waals surface area contributed by atoms with Crippen LogP contribution in [0.1, 0.15) is 24.8 Å². The number of likely N-dealkylation sites (tertiary alicyclic amines) is 1. The highest BCUT2D eigenvalue weighted by molar-refractivity contribution is 5.74. The Balaban J connectivity index is 2.00. The Morgan fingerprint density at radius 3 is 2.84 bits per heavy atom. The lowest BCUT2D eigenvalue weighted by molar-refractivity contribution is 0.159. The lowest BCUT2D eigenvalue weighted by Gasteiger charge is -2.28. The minimum absolute atomic E-state index is 0.134. The summed E-state index contributed by atoms with van der Waals surface area (Å²) in [5, 5.41) is 0. The van der Waals surface area contributed by atoms with Gasteiger partial charge in [0.2, 0.25) is 0 Å². The Bertz CT molecular complexity index is 390. The zero-order chi connectivity index (χ0) is 13.5. The van der Waals surface area contributed by atoms with Crippen LogP contribution >= 0.6 is 0 Å². The summed E-state index contributed by atoms with van der Waals surface area (Å²) in [7, 11) is 0. The summed E-state index contributed by atoms with van der Waals surface area (Å²) in [6, 6.07) is 4.03. The number of carbonyl (C=O) groups excluding carboxylic acids is 1. The number of rotatable bonds is 5. The molecule has 2 amide bonds. The van der Waals surface area contributed by atoms with E-state index in [-0.39, 0.29) is 6.03 Å². The van der Waals surface area contributed by atoms with E-state index >= 15 is 0 Å². The van der Waals surface area contributed by atoms with E-state index < -0.39 is 0 Å². The lowest BCUT2D eigenvalue weighted by atomic mass is 10.2. The molecule has 1 aliphatic heterocycles. The molecule has 2 heterocycles. The largest absolute Gasteiger partial charge is 0.330 e. The molecule has 1 aromatic rings. The maximum Gasteiger partial charge on any atom is 0.320 e. The van der Waals surface area contributed by atoms with Crippen LogP contribution in [0.15, 0.2) is 24.5 Å². The van der Waals surface area contributed by atoms with E-state index in [1.807, 2.05) is 28.1 Å². The van der Waals surface area contributed by atoms with Crippen molar-refractivity contribution in [1.29, 1.82) is 0 Å². The van der Waals surface area contributed by atoms with Gasteiger partial charge in [-0.05, 0) is 37.4 Å². The summed E-state index contributed by atoms with van der Waals surface area (Å²) < 4.78 is 0. The van der Waals surface area contributed by atoms with Gasteiger partial charge in [-0.2, -0.15) is 0 Å². The highest BCUT2D eigenvalue weighted by atomic mass is 16.2. The molecular weight excluding hydrogens is 240 g/mol. The Morgan fingerprint density at radius 2 is 2.21 bits per heavy atom. The average Bonchev–Trinajstić information content (AvgIpc) is 2.98. The number of aromatic nitrogens is 1. The molecule has 1 saturated heterocycles. The SMILES string of the molecule is NCCCN(Cc1cccnc1)C(=O)N1CCCC1. The second-order valence-corrected chi connectivity index (χ2v) is 4.90. The van der Waals surface area contributed by atoms with Crippen molar-refractivity contribution in [3.63, 3.8) is 0 Å². The van der Waals surface area contributed by atoms with Crippen LogP contribution < -0.4 is 5.73 Å². The Hall–Kier alpha value is -1.62. The fourth-order valence-corrected chi connectivity index (χ4v) is 2.34. The maximum atomic E-state index is 12.4. The summed E-state index contributed by atoms with van der Waals surface area (Å²) in [4.78, 5) is 20.4. The number of nitrogens with two attached hydrogens (primary N) is 1. The molecule has 0 unspecified atom stereocenters. The van der Waals surface area contributed by atoms with E-state index in [1.165, 1.54) is 0 Å². The molecule has 0 saturated carbocycles. The van der Waals surface area contributed by atoms with Gasteiger partial charge >= 0.3 is 6.03 Å². The normalized spacial score (nSPS) is 14.7. The van der Waals surface area contributed by atoms with Crippen molar-refractivity contribution in [2.75, 3.05) is 26.2 Å². The van der Waals surface area contributed by atoms with Crippen molar-refractivity contribution in [3.05, 3.63) is 30.1 Å². The monoisotopic (exact) mass is 262 g/mol. The Kier molecular flexibility index (Phi) is 5.15. The van der Waals surface area contributed by atoms with Gasteiger partial charge in [-0.1, -0.05) is 6.07 Å². The van der Waals surface area contributed by atoms with Crippen LogP contribution in [0.3, 0.4) is 0 Å². The first kappa shape index (κ1) is 13.8. The highest BCUT2D eigenvalue weighted by Gasteiger charge is 2.23. The first-order valence-electron chi connectivity index (χ1n) is 6.94. The van der Waals surface area contributed by atoms with Gasteiger partial charge in [-0.15, -0.1) is 0 Å². The van der Waals surface area contributed by atoms with Crippen molar-refractivity contribution in [1.82, 2.24) is 14.8 Å². The van der Waals surface area contributed by atoms with Crippen LogP contribution in [0, 0.1) is 0 Å². The fourth-order valence-electron chi connectivity index (χ4n) is 2.34. The van der Waals surface area contributed by atoms with Crippen LogP contribution in [0.5, 0.6) is 0 Å². The maximum absolute atomic E-state index is 12.4. The summed E-state index contributed by atoms with van der Waals surface area (Å²) in [5.74, 6) is 0. The Labute approximate surface area is 114 Å². The van der Waals surface area contributed by atoms with Crippen LogP contribution in [0.25, 0.3) is 0 Å². The molecule has 0 spiro atoms. The van der Waals surface area contributed by atoms with Crippen LogP contribution in [0.2, 0.25) is 0 Å². The number of hydrogen-bond donors (Lipinski definition) is 1. The van der Waals surface area contributed by atoms with Gasteiger partial charge in [0.05, 0.1) is 0 Å². The van der Waals surface area contributed by atoms with Gasteiger partial charge in [-0.25, -0.2) is 4.79 Å². The molecule has 1 aliphatic rings. The van der Waals surface area contributed by atoms with Gasteiger partial charge < -0.3 is 15.5 Å². The number of pyridine rings is 1. The van der Waals surface area contributed by atoms with Crippen molar-refractivity contribution in [2.45, 2.75) is 25.8 Å². The number of amides is 2. The number of nitrogens with zero attached hydrogens (tertiary/aromatic N) is 3. The summed E-state index contributed by atoms with van der Waals surface area (Å²) in [5.41, 5.74) is 6.62. The standard InChI is InChI=1S/C14H22N4O/c15-6-4-10-18(12-13-5-3-7-16-11-13)14(19)17-8-1-2-9-17/h3,5,7,11H,1-2,4,6,8-10,12,15H2. The molecule has 5 nitrogen and oxygen atoms in total. The summed E-state index contributed by atoms with van der Waals surface area (Å²) in [6.07, 6.45) is 6.62. The predicted molar refractivity (Wildman–Crippen MR) is 74.5 cm³/mol. The quantitative estimate of drug-likeness (QED) is 0.873. The molecule has 1 aromatic heterocycles. The number of hydrogen-bond acceptors (Lipinski definition) is 3. The average molecular weight is 262 g/mol. The smallest absolute Gasteiger partial charge is 0.320 e. The summed E-state index contributed by atoms with van der Waals surface area (Å²) in [6.45, 7) is 3.69. The van der Waals surface area contributed by atoms with Gasteiger partial charge in [0.25, 0.3) is 0 Å². The minimum Gasteiger partial charge on any atom is -0.330 e. The second kappa shape index (κ2) is 7.09. The molecule has 5 heteroatoms. The molecule has 1 fully saturated rings. The third kappa shape index (κ3) is 3.92. The molecule has 0 radical (unpaired) electrons. The first-order chi connectivity index (χ1) is 9.31. The van der Waals surface area contributed by atoms with E-state index in [0.717, 1.165) is 37.9 Å². The molecule has 0 aliphatic carbocycles. The van der Waals surface area contributed by atoms with Gasteiger partial charge in [0, 0.05) is 38.6 Å². The van der Waals surface area contributed by atoms with Crippen LogP contribution in [-0.4, -0.2) is 47.0 Å².